The molecule has 1 fully saturated rings. The molecule has 0 aliphatic heterocycles. The second kappa shape index (κ2) is 5.83. The standard InChI is InChI=1S/C16H18O3/c1-2-19-15(18)16(12-17)10-6-9-14(16)11-13-7-4-3-5-8-13/h3-5,7-8,11-12H,2,6,9-10H2,1H3/b14-11+/t16-/m1/s1. The molecule has 0 aromatic heterocycles. The van der Waals surface area contributed by atoms with Crippen molar-refractivity contribution in [2.75, 3.05) is 6.61 Å². The third-order valence-electron chi connectivity index (χ3n) is 3.57. The van der Waals surface area contributed by atoms with Gasteiger partial charge in [0.25, 0.3) is 0 Å². The van der Waals surface area contributed by atoms with Crippen molar-refractivity contribution >= 4 is 18.3 Å². The zero-order chi connectivity index (χ0) is 13.7. The highest BCUT2D eigenvalue weighted by Crippen LogP contribution is 2.43. The summed E-state index contributed by atoms with van der Waals surface area (Å²) in [5, 5.41) is 0. The Morgan fingerprint density at radius 2 is 2.11 bits per heavy atom. The molecule has 0 N–H and O–H groups in total. The first-order valence-corrected chi connectivity index (χ1v) is 6.62. The molecule has 1 aromatic carbocycles. The van der Waals surface area contributed by atoms with Crippen LogP contribution in [0.25, 0.3) is 6.08 Å². The van der Waals surface area contributed by atoms with E-state index in [9.17, 15) is 9.59 Å². The first-order chi connectivity index (χ1) is 9.23. The van der Waals surface area contributed by atoms with Gasteiger partial charge in [-0.15, -0.1) is 0 Å². The van der Waals surface area contributed by atoms with Gasteiger partial charge in [-0.1, -0.05) is 36.4 Å². The van der Waals surface area contributed by atoms with Crippen LogP contribution in [-0.4, -0.2) is 18.9 Å². The topological polar surface area (TPSA) is 43.4 Å². The lowest BCUT2D eigenvalue weighted by Crippen LogP contribution is -2.33. The molecule has 100 valence electrons. The first-order valence-electron chi connectivity index (χ1n) is 6.62. The molecule has 1 saturated carbocycles. The zero-order valence-electron chi connectivity index (χ0n) is 11.1. The molecule has 0 radical (unpaired) electrons. The predicted octanol–water partition coefficient (Wildman–Crippen LogP) is 3.00. The Hall–Kier alpha value is -1.90. The molecule has 0 amide bonds. The van der Waals surface area contributed by atoms with E-state index in [1.165, 1.54) is 0 Å². The zero-order valence-corrected chi connectivity index (χ0v) is 11.1. The number of rotatable bonds is 4. The monoisotopic (exact) mass is 258 g/mol. The maximum Gasteiger partial charge on any atom is 0.323 e. The molecule has 0 unspecified atom stereocenters. The van der Waals surface area contributed by atoms with Crippen LogP contribution in [0.2, 0.25) is 0 Å². The summed E-state index contributed by atoms with van der Waals surface area (Å²) in [4.78, 5) is 23.6. The van der Waals surface area contributed by atoms with Gasteiger partial charge in [-0.3, -0.25) is 4.79 Å². The highest BCUT2D eigenvalue weighted by molar-refractivity contribution is 5.99. The highest BCUT2D eigenvalue weighted by Gasteiger charge is 2.46. The second-order valence-electron chi connectivity index (χ2n) is 4.74. The minimum absolute atomic E-state index is 0.299. The van der Waals surface area contributed by atoms with Gasteiger partial charge in [0, 0.05) is 0 Å². The van der Waals surface area contributed by atoms with Crippen molar-refractivity contribution in [3.63, 3.8) is 0 Å². The molecular formula is C16H18O3. The number of carbonyl (C=O) groups excluding carboxylic acids is 2. The van der Waals surface area contributed by atoms with Crippen LogP contribution in [0, 0.1) is 5.41 Å². The molecule has 0 saturated heterocycles. The van der Waals surface area contributed by atoms with Crippen molar-refractivity contribution in [3.8, 4) is 0 Å². The van der Waals surface area contributed by atoms with Gasteiger partial charge in [-0.2, -0.15) is 0 Å². The van der Waals surface area contributed by atoms with Gasteiger partial charge < -0.3 is 9.53 Å². The van der Waals surface area contributed by atoms with Crippen LogP contribution in [0.15, 0.2) is 35.9 Å². The van der Waals surface area contributed by atoms with Gasteiger partial charge in [0.15, 0.2) is 0 Å². The van der Waals surface area contributed by atoms with Crippen molar-refractivity contribution < 1.29 is 14.3 Å². The van der Waals surface area contributed by atoms with E-state index >= 15 is 0 Å². The van der Waals surface area contributed by atoms with Crippen LogP contribution >= 0.6 is 0 Å². The average molecular weight is 258 g/mol. The van der Waals surface area contributed by atoms with E-state index in [1.807, 2.05) is 36.4 Å². The number of esters is 1. The van der Waals surface area contributed by atoms with E-state index in [0.29, 0.717) is 13.0 Å². The maximum atomic E-state index is 12.1. The summed E-state index contributed by atoms with van der Waals surface area (Å²) in [6.07, 6.45) is 4.86. The number of hydrogen-bond donors (Lipinski definition) is 0. The Balaban J connectivity index is 2.36. The Labute approximate surface area is 113 Å². The summed E-state index contributed by atoms with van der Waals surface area (Å²) in [6, 6.07) is 9.75. The van der Waals surface area contributed by atoms with Crippen molar-refractivity contribution in [1.82, 2.24) is 0 Å². The predicted molar refractivity (Wildman–Crippen MR) is 73.4 cm³/mol. The SMILES string of the molecule is CCOC(=O)[C@@]1(C=O)CCC/C1=C\c1ccccc1. The minimum atomic E-state index is -1.06. The van der Waals surface area contributed by atoms with Crippen molar-refractivity contribution in [1.29, 1.82) is 0 Å². The molecule has 1 aromatic rings. The average Bonchev–Trinajstić information content (AvgIpc) is 2.84. The molecule has 3 nitrogen and oxygen atoms in total. The van der Waals surface area contributed by atoms with E-state index in [2.05, 4.69) is 0 Å². The van der Waals surface area contributed by atoms with E-state index in [4.69, 9.17) is 4.74 Å². The number of benzene rings is 1. The quantitative estimate of drug-likeness (QED) is 0.473. The number of carbonyl (C=O) groups is 2. The molecule has 0 bridgehead atoms. The molecule has 2 rings (SSSR count). The Bertz CT molecular complexity index is 490. The van der Waals surface area contributed by atoms with Crippen molar-refractivity contribution in [2.45, 2.75) is 26.2 Å². The van der Waals surface area contributed by atoms with Crippen molar-refractivity contribution in [2.24, 2.45) is 5.41 Å². The summed E-state index contributed by atoms with van der Waals surface area (Å²) in [6.45, 7) is 2.05. The van der Waals surface area contributed by atoms with Crippen LogP contribution in [0.5, 0.6) is 0 Å². The summed E-state index contributed by atoms with van der Waals surface area (Å²) < 4.78 is 5.08. The van der Waals surface area contributed by atoms with Crippen LogP contribution < -0.4 is 0 Å². The largest absolute Gasteiger partial charge is 0.465 e. The third-order valence-corrected chi connectivity index (χ3v) is 3.57. The van der Waals surface area contributed by atoms with Gasteiger partial charge in [-0.25, -0.2) is 0 Å². The second-order valence-corrected chi connectivity index (χ2v) is 4.74. The number of ether oxygens (including phenoxy) is 1. The molecule has 0 heterocycles. The number of aldehydes is 1. The highest BCUT2D eigenvalue weighted by atomic mass is 16.5. The third kappa shape index (κ3) is 2.60. The fraction of sp³-hybridized carbons (Fsp3) is 0.375. The van der Waals surface area contributed by atoms with Gasteiger partial charge >= 0.3 is 5.97 Å². The number of hydrogen-bond acceptors (Lipinski definition) is 3. The fourth-order valence-electron chi connectivity index (χ4n) is 2.57. The summed E-state index contributed by atoms with van der Waals surface area (Å²) in [5.41, 5.74) is 0.813. The lowest BCUT2D eigenvalue weighted by Gasteiger charge is -2.22. The fourth-order valence-corrected chi connectivity index (χ4v) is 2.57. The summed E-state index contributed by atoms with van der Waals surface area (Å²) in [7, 11) is 0. The Morgan fingerprint density at radius 3 is 2.74 bits per heavy atom. The van der Waals surface area contributed by atoms with Gasteiger partial charge in [-0.05, 0) is 37.3 Å². The lowest BCUT2D eigenvalue weighted by molar-refractivity contribution is -0.154. The Morgan fingerprint density at radius 1 is 1.37 bits per heavy atom. The van der Waals surface area contributed by atoms with Crippen LogP contribution in [-0.2, 0) is 14.3 Å². The van der Waals surface area contributed by atoms with Crippen LogP contribution in [0.3, 0.4) is 0 Å². The van der Waals surface area contributed by atoms with Gasteiger partial charge in [0.05, 0.1) is 6.61 Å². The van der Waals surface area contributed by atoms with E-state index < -0.39 is 11.4 Å². The van der Waals surface area contributed by atoms with Crippen molar-refractivity contribution in [3.05, 3.63) is 41.5 Å². The molecule has 1 aliphatic carbocycles. The van der Waals surface area contributed by atoms with Crippen LogP contribution in [0.1, 0.15) is 31.7 Å². The van der Waals surface area contributed by atoms with E-state index in [-0.39, 0.29) is 0 Å². The molecule has 3 heteroatoms. The Kier molecular flexibility index (Phi) is 4.15. The molecule has 19 heavy (non-hydrogen) atoms. The molecule has 0 spiro atoms. The molecular weight excluding hydrogens is 240 g/mol. The van der Waals surface area contributed by atoms with Gasteiger partial charge in [0.1, 0.15) is 11.7 Å². The van der Waals surface area contributed by atoms with Crippen LogP contribution in [0.4, 0.5) is 0 Å². The van der Waals surface area contributed by atoms with E-state index in [0.717, 1.165) is 30.3 Å². The lowest BCUT2D eigenvalue weighted by atomic mass is 9.83. The smallest absolute Gasteiger partial charge is 0.323 e. The maximum absolute atomic E-state index is 12.1. The summed E-state index contributed by atoms with van der Waals surface area (Å²) in [5.74, 6) is -0.412. The molecule has 1 aliphatic rings. The first kappa shape index (κ1) is 13.5. The normalized spacial score (nSPS) is 24.4. The molecule has 1 atom stereocenters. The summed E-state index contributed by atoms with van der Waals surface area (Å²) >= 11 is 0. The minimum Gasteiger partial charge on any atom is -0.465 e. The van der Waals surface area contributed by atoms with E-state index in [1.54, 1.807) is 6.92 Å². The van der Waals surface area contributed by atoms with Gasteiger partial charge in [0.2, 0.25) is 0 Å².